The maximum absolute atomic E-state index is 12.5. The molecule has 1 aromatic rings. The fraction of sp³-hybridized carbons (Fsp3) is 0.733. The number of halogens is 3. The zero-order chi connectivity index (χ0) is 18.7. The van der Waals surface area contributed by atoms with Gasteiger partial charge < -0.3 is 20.3 Å². The molecular weight excluding hydrogens is 355 g/mol. The summed E-state index contributed by atoms with van der Waals surface area (Å²) in [5.41, 5.74) is -0.826. The summed E-state index contributed by atoms with van der Waals surface area (Å²) in [4.78, 5) is 9.88. The topological polar surface area (TPSA) is 61.8 Å². The number of ether oxygens (including phenoxy) is 1. The minimum atomic E-state index is -4.38. The lowest BCUT2D eigenvalue weighted by atomic mass is 10.4. The number of guanidine groups is 1. The maximum Gasteiger partial charge on any atom is 0.434 e. The molecule has 144 valence electrons. The number of hydrogen-bond donors (Lipinski definition) is 2. The molecule has 1 aromatic heterocycles. The van der Waals surface area contributed by atoms with Gasteiger partial charge in [-0.1, -0.05) is 0 Å². The van der Waals surface area contributed by atoms with Gasteiger partial charge in [-0.2, -0.15) is 13.2 Å². The van der Waals surface area contributed by atoms with Crippen LogP contribution in [0.25, 0.3) is 0 Å². The van der Waals surface area contributed by atoms with Crippen molar-refractivity contribution in [3.63, 3.8) is 0 Å². The van der Waals surface area contributed by atoms with E-state index in [0.29, 0.717) is 30.5 Å². The molecular formula is C15H26F3N5OS. The van der Waals surface area contributed by atoms with Crippen molar-refractivity contribution >= 4 is 17.3 Å². The summed E-state index contributed by atoms with van der Waals surface area (Å²) in [6.45, 7) is 3.76. The Morgan fingerprint density at radius 3 is 2.64 bits per heavy atom. The van der Waals surface area contributed by atoms with Gasteiger partial charge in [0.2, 0.25) is 0 Å². The van der Waals surface area contributed by atoms with Gasteiger partial charge in [0.15, 0.2) is 11.7 Å². The molecule has 0 amide bonds. The van der Waals surface area contributed by atoms with Gasteiger partial charge in [-0.3, -0.25) is 4.99 Å². The Bertz CT molecular complexity index is 522. The monoisotopic (exact) mass is 381 g/mol. The third-order valence-corrected chi connectivity index (χ3v) is 4.29. The minimum absolute atomic E-state index is 0.418. The van der Waals surface area contributed by atoms with Gasteiger partial charge in [0, 0.05) is 45.6 Å². The van der Waals surface area contributed by atoms with Gasteiger partial charge in [-0.25, -0.2) is 4.98 Å². The minimum Gasteiger partial charge on any atom is -0.383 e. The number of methoxy groups -OCH3 is 1. The van der Waals surface area contributed by atoms with Gasteiger partial charge in [-0.05, 0) is 20.0 Å². The summed E-state index contributed by atoms with van der Waals surface area (Å²) in [5.74, 6) is 0.632. The molecule has 0 radical (unpaired) electrons. The molecule has 0 aliphatic rings. The summed E-state index contributed by atoms with van der Waals surface area (Å²) >= 11 is 1.02. The second-order valence-corrected chi connectivity index (χ2v) is 6.39. The highest BCUT2D eigenvalue weighted by molar-refractivity contribution is 7.09. The normalized spacial score (nSPS) is 12.7. The van der Waals surface area contributed by atoms with Crippen LogP contribution in [-0.4, -0.2) is 69.8 Å². The Labute approximate surface area is 150 Å². The molecule has 0 saturated heterocycles. The van der Waals surface area contributed by atoms with Crippen LogP contribution in [0, 0.1) is 0 Å². The SMILES string of the molecule is CN=C(NCCCN(C)CCOC)NCCc1nc(C(F)(F)F)cs1. The van der Waals surface area contributed by atoms with E-state index < -0.39 is 11.9 Å². The smallest absolute Gasteiger partial charge is 0.383 e. The summed E-state index contributed by atoms with van der Waals surface area (Å²) in [7, 11) is 5.38. The molecule has 0 fully saturated rings. The number of alkyl halides is 3. The van der Waals surface area contributed by atoms with E-state index in [1.54, 1.807) is 14.2 Å². The van der Waals surface area contributed by atoms with Crippen LogP contribution in [0.15, 0.2) is 10.4 Å². The molecule has 6 nitrogen and oxygen atoms in total. The van der Waals surface area contributed by atoms with E-state index in [-0.39, 0.29) is 0 Å². The van der Waals surface area contributed by atoms with E-state index in [2.05, 4.69) is 25.5 Å². The van der Waals surface area contributed by atoms with Gasteiger partial charge in [0.25, 0.3) is 0 Å². The molecule has 0 aliphatic heterocycles. The van der Waals surface area contributed by atoms with Gasteiger partial charge in [-0.15, -0.1) is 11.3 Å². The molecule has 0 aliphatic carbocycles. The predicted molar refractivity (Wildman–Crippen MR) is 94.2 cm³/mol. The number of thiazole rings is 1. The standard InChI is InChI=1S/C15H26F3N5OS/c1-19-14(20-6-4-8-23(2)9-10-24-3)21-7-5-13-22-12(11-25-13)15(16,17)18/h11H,4-10H2,1-3H3,(H2,19,20,21). The lowest BCUT2D eigenvalue weighted by Gasteiger charge is -2.16. The second-order valence-electron chi connectivity index (χ2n) is 5.45. The van der Waals surface area contributed by atoms with Crippen molar-refractivity contribution in [1.82, 2.24) is 20.5 Å². The van der Waals surface area contributed by atoms with Gasteiger partial charge in [0.05, 0.1) is 11.6 Å². The highest BCUT2D eigenvalue weighted by Gasteiger charge is 2.33. The molecule has 0 bridgehead atoms. The Kier molecular flexibility index (Phi) is 9.76. The van der Waals surface area contributed by atoms with Crippen LogP contribution < -0.4 is 10.6 Å². The average molecular weight is 381 g/mol. The van der Waals surface area contributed by atoms with Gasteiger partial charge in [0.1, 0.15) is 0 Å². The Hall–Kier alpha value is -1.39. The van der Waals surface area contributed by atoms with Crippen LogP contribution in [0.4, 0.5) is 13.2 Å². The fourth-order valence-electron chi connectivity index (χ4n) is 1.98. The van der Waals surface area contributed by atoms with Gasteiger partial charge >= 0.3 is 6.18 Å². The maximum atomic E-state index is 12.5. The van der Waals surface area contributed by atoms with Crippen molar-refractivity contribution in [1.29, 1.82) is 0 Å². The molecule has 0 aromatic carbocycles. The molecule has 0 atom stereocenters. The van der Waals surface area contributed by atoms with E-state index in [1.165, 1.54) is 0 Å². The van der Waals surface area contributed by atoms with Crippen molar-refractivity contribution in [2.75, 3.05) is 54.0 Å². The van der Waals surface area contributed by atoms with Crippen LogP contribution in [-0.2, 0) is 17.3 Å². The highest BCUT2D eigenvalue weighted by Crippen LogP contribution is 2.29. The third-order valence-electron chi connectivity index (χ3n) is 3.38. The summed E-state index contributed by atoms with van der Waals surface area (Å²) in [6.07, 6.45) is -3.01. The molecule has 0 unspecified atom stereocenters. The summed E-state index contributed by atoms with van der Waals surface area (Å²) in [5, 5.41) is 7.76. The van der Waals surface area contributed by atoms with Crippen LogP contribution in [0.3, 0.4) is 0 Å². The first-order chi connectivity index (χ1) is 11.9. The summed E-state index contributed by atoms with van der Waals surface area (Å²) in [6, 6.07) is 0. The van der Waals surface area contributed by atoms with Crippen molar-refractivity contribution < 1.29 is 17.9 Å². The largest absolute Gasteiger partial charge is 0.434 e. The Balaban J connectivity index is 2.21. The molecule has 1 heterocycles. The second kappa shape index (κ2) is 11.3. The zero-order valence-electron chi connectivity index (χ0n) is 14.8. The number of rotatable bonds is 10. The van der Waals surface area contributed by atoms with Crippen LogP contribution >= 0.6 is 11.3 Å². The van der Waals surface area contributed by atoms with Crippen LogP contribution in [0.2, 0.25) is 0 Å². The summed E-state index contributed by atoms with van der Waals surface area (Å²) < 4.78 is 42.5. The Morgan fingerprint density at radius 1 is 1.32 bits per heavy atom. The lowest BCUT2D eigenvalue weighted by Crippen LogP contribution is -2.39. The highest BCUT2D eigenvalue weighted by atomic mass is 32.1. The number of hydrogen-bond acceptors (Lipinski definition) is 5. The quantitative estimate of drug-likeness (QED) is 0.368. The van der Waals surface area contributed by atoms with Crippen LogP contribution in [0.5, 0.6) is 0 Å². The molecule has 1 rings (SSSR count). The number of aromatic nitrogens is 1. The van der Waals surface area contributed by atoms with E-state index in [4.69, 9.17) is 4.74 Å². The molecule has 10 heteroatoms. The van der Waals surface area contributed by atoms with E-state index >= 15 is 0 Å². The zero-order valence-corrected chi connectivity index (χ0v) is 15.6. The number of nitrogens with zero attached hydrogens (tertiary/aromatic N) is 3. The van der Waals surface area contributed by atoms with E-state index in [0.717, 1.165) is 42.8 Å². The average Bonchev–Trinajstić information content (AvgIpc) is 3.04. The molecule has 2 N–H and O–H groups in total. The Morgan fingerprint density at radius 2 is 2.04 bits per heavy atom. The lowest BCUT2D eigenvalue weighted by molar-refractivity contribution is -0.140. The molecule has 0 spiro atoms. The number of nitrogens with one attached hydrogen (secondary N) is 2. The number of likely N-dealkylation sites (N-methyl/N-ethyl adjacent to an activating group) is 1. The van der Waals surface area contributed by atoms with Crippen molar-refractivity contribution in [2.24, 2.45) is 4.99 Å². The third kappa shape index (κ3) is 9.03. The fourth-order valence-corrected chi connectivity index (χ4v) is 2.78. The predicted octanol–water partition coefficient (Wildman–Crippen LogP) is 1.84. The molecule has 25 heavy (non-hydrogen) atoms. The van der Waals surface area contributed by atoms with Crippen LogP contribution in [0.1, 0.15) is 17.1 Å². The van der Waals surface area contributed by atoms with E-state index in [1.807, 2.05) is 7.05 Å². The van der Waals surface area contributed by atoms with Crippen molar-refractivity contribution in [3.8, 4) is 0 Å². The van der Waals surface area contributed by atoms with E-state index in [9.17, 15) is 13.2 Å². The molecule has 0 saturated carbocycles. The first kappa shape index (κ1) is 21.7. The van der Waals surface area contributed by atoms with Crippen molar-refractivity contribution in [2.45, 2.75) is 19.0 Å². The van der Waals surface area contributed by atoms with Crippen molar-refractivity contribution in [3.05, 3.63) is 16.1 Å². The first-order valence-electron chi connectivity index (χ1n) is 8.00. The first-order valence-corrected chi connectivity index (χ1v) is 8.88. The number of aliphatic imine (C=N–C) groups is 1.